The van der Waals surface area contributed by atoms with Gasteiger partial charge in [0.25, 0.3) is 0 Å². The Morgan fingerprint density at radius 2 is 2.03 bits per heavy atom. The first-order chi connectivity index (χ1) is 15.2. The lowest BCUT2D eigenvalue weighted by molar-refractivity contribution is 0.0212. The van der Waals surface area contributed by atoms with Crippen LogP contribution in [0.2, 0.25) is 0 Å². The smallest absolute Gasteiger partial charge is 0.131 e. The Labute approximate surface area is 187 Å². The molecule has 0 saturated carbocycles. The van der Waals surface area contributed by atoms with Crippen LogP contribution >= 0.6 is 11.8 Å². The van der Waals surface area contributed by atoms with Gasteiger partial charge in [0.05, 0.1) is 24.3 Å². The largest absolute Gasteiger partial charge is 0.373 e. The van der Waals surface area contributed by atoms with Crippen molar-refractivity contribution in [2.24, 2.45) is 0 Å². The van der Waals surface area contributed by atoms with Gasteiger partial charge in [0.2, 0.25) is 0 Å². The third-order valence-corrected chi connectivity index (χ3v) is 7.75. The zero-order chi connectivity index (χ0) is 20.8. The Kier molecular flexibility index (Phi) is 5.01. The maximum atomic E-state index is 6.06. The Morgan fingerprint density at radius 3 is 2.97 bits per heavy atom. The van der Waals surface area contributed by atoms with Crippen LogP contribution in [0.15, 0.2) is 53.4 Å². The topological polar surface area (TPSA) is 40.6 Å². The molecule has 3 aliphatic rings. The summed E-state index contributed by atoms with van der Waals surface area (Å²) in [4.78, 5) is 11.5. The number of thioether (sulfide) groups is 1. The molecule has 31 heavy (non-hydrogen) atoms. The van der Waals surface area contributed by atoms with Crippen LogP contribution in [0.4, 0.5) is 11.5 Å². The van der Waals surface area contributed by atoms with E-state index < -0.39 is 0 Å². The minimum Gasteiger partial charge on any atom is -0.373 e. The molecule has 2 fully saturated rings. The van der Waals surface area contributed by atoms with Crippen molar-refractivity contribution in [3.05, 3.63) is 59.7 Å². The molecule has 0 spiro atoms. The van der Waals surface area contributed by atoms with E-state index in [4.69, 9.17) is 9.72 Å². The van der Waals surface area contributed by atoms with E-state index in [1.54, 1.807) is 0 Å². The predicted octanol–water partition coefficient (Wildman–Crippen LogP) is 3.83. The summed E-state index contributed by atoms with van der Waals surface area (Å²) in [5.41, 5.74) is 5.03. The number of hydrogen-bond acceptors (Lipinski definition) is 6. The summed E-state index contributed by atoms with van der Waals surface area (Å²) in [5, 5.41) is 4.88. The number of rotatable bonds is 2. The summed E-state index contributed by atoms with van der Waals surface area (Å²) in [5.74, 6) is 2.15. The number of aryl methyl sites for hydroxylation is 1. The highest BCUT2D eigenvalue weighted by atomic mass is 32.2. The molecule has 3 aliphatic heterocycles. The predicted molar refractivity (Wildman–Crippen MR) is 128 cm³/mol. The number of nitrogens with zero attached hydrogens (tertiary/aromatic N) is 3. The summed E-state index contributed by atoms with van der Waals surface area (Å²) in [6, 6.07) is 18.1. The van der Waals surface area contributed by atoms with Gasteiger partial charge in [-0.15, -0.1) is 11.8 Å². The van der Waals surface area contributed by atoms with Gasteiger partial charge in [0.15, 0.2) is 0 Å². The van der Waals surface area contributed by atoms with Crippen LogP contribution in [0, 0.1) is 6.92 Å². The SMILES string of the molecule is Cc1ccc2nc(N3CCSc4ccccc4C3)cc(N3C[C@@H]4NCCO[C@@H]4C3)c2c1. The highest BCUT2D eigenvalue weighted by molar-refractivity contribution is 7.99. The monoisotopic (exact) mass is 432 g/mol. The minimum atomic E-state index is 0.270. The van der Waals surface area contributed by atoms with Crippen molar-refractivity contribution in [2.75, 3.05) is 48.3 Å². The van der Waals surface area contributed by atoms with Crippen molar-refractivity contribution >= 4 is 34.2 Å². The van der Waals surface area contributed by atoms with Gasteiger partial charge in [-0.1, -0.05) is 29.8 Å². The van der Waals surface area contributed by atoms with E-state index in [-0.39, 0.29) is 6.10 Å². The second-order valence-electron chi connectivity index (χ2n) is 8.77. The second-order valence-corrected chi connectivity index (χ2v) is 9.91. The maximum Gasteiger partial charge on any atom is 0.131 e. The van der Waals surface area contributed by atoms with Gasteiger partial charge in [-0.3, -0.25) is 0 Å². The summed E-state index contributed by atoms with van der Waals surface area (Å²) >= 11 is 1.95. The summed E-state index contributed by atoms with van der Waals surface area (Å²) in [6.07, 6.45) is 0.270. The Morgan fingerprint density at radius 1 is 1.10 bits per heavy atom. The van der Waals surface area contributed by atoms with Gasteiger partial charge < -0.3 is 19.9 Å². The highest BCUT2D eigenvalue weighted by Crippen LogP contribution is 2.36. The van der Waals surface area contributed by atoms with Crippen LogP contribution in [-0.2, 0) is 11.3 Å². The van der Waals surface area contributed by atoms with E-state index in [0.29, 0.717) is 6.04 Å². The molecule has 1 N–H and O–H groups in total. The van der Waals surface area contributed by atoms with Crippen molar-refractivity contribution in [1.29, 1.82) is 0 Å². The van der Waals surface area contributed by atoms with Gasteiger partial charge in [-0.25, -0.2) is 4.98 Å². The number of aromatic nitrogens is 1. The van der Waals surface area contributed by atoms with Gasteiger partial charge in [-0.05, 0) is 30.7 Å². The van der Waals surface area contributed by atoms with Crippen molar-refractivity contribution in [3.8, 4) is 0 Å². The van der Waals surface area contributed by atoms with E-state index in [1.807, 2.05) is 11.8 Å². The van der Waals surface area contributed by atoms with Crippen molar-refractivity contribution in [3.63, 3.8) is 0 Å². The van der Waals surface area contributed by atoms with Gasteiger partial charge in [-0.2, -0.15) is 0 Å². The first-order valence-corrected chi connectivity index (χ1v) is 12.2. The first kappa shape index (κ1) is 19.4. The molecule has 4 heterocycles. The molecular weight excluding hydrogens is 404 g/mol. The Hall–Kier alpha value is -2.28. The number of nitrogens with one attached hydrogen (secondary N) is 1. The molecule has 0 radical (unpaired) electrons. The molecule has 160 valence electrons. The normalized spacial score (nSPS) is 23.5. The van der Waals surface area contributed by atoms with E-state index >= 15 is 0 Å². The molecule has 0 amide bonds. The van der Waals surface area contributed by atoms with Crippen LogP contribution in [0.5, 0.6) is 0 Å². The number of benzene rings is 2. The fourth-order valence-electron chi connectivity index (χ4n) is 5.04. The highest BCUT2D eigenvalue weighted by Gasteiger charge is 2.36. The number of hydrogen-bond donors (Lipinski definition) is 1. The van der Waals surface area contributed by atoms with E-state index in [9.17, 15) is 0 Å². The van der Waals surface area contributed by atoms with Crippen molar-refractivity contribution in [1.82, 2.24) is 10.3 Å². The summed E-state index contributed by atoms with van der Waals surface area (Å²) < 4.78 is 6.06. The van der Waals surface area contributed by atoms with Gasteiger partial charge in [0.1, 0.15) is 5.82 Å². The quantitative estimate of drug-likeness (QED) is 0.664. The van der Waals surface area contributed by atoms with E-state index in [1.165, 1.54) is 27.1 Å². The number of anilines is 2. The molecular formula is C25H28N4OS. The average molecular weight is 433 g/mol. The zero-order valence-electron chi connectivity index (χ0n) is 17.9. The van der Waals surface area contributed by atoms with Crippen LogP contribution in [0.25, 0.3) is 10.9 Å². The number of ether oxygens (including phenoxy) is 1. The average Bonchev–Trinajstić information content (AvgIpc) is 3.10. The fourth-order valence-corrected chi connectivity index (χ4v) is 6.07. The maximum absolute atomic E-state index is 6.06. The molecule has 3 aromatic rings. The molecule has 0 bridgehead atoms. The molecule has 2 saturated heterocycles. The Balaban J connectivity index is 1.41. The lowest BCUT2D eigenvalue weighted by atomic mass is 10.1. The Bertz CT molecular complexity index is 1110. The second kappa shape index (κ2) is 8.01. The zero-order valence-corrected chi connectivity index (χ0v) is 18.7. The summed E-state index contributed by atoms with van der Waals surface area (Å²) in [7, 11) is 0. The third-order valence-electron chi connectivity index (χ3n) is 6.65. The fraction of sp³-hybridized carbons (Fsp3) is 0.400. The van der Waals surface area contributed by atoms with Crippen molar-refractivity contribution in [2.45, 2.75) is 30.5 Å². The van der Waals surface area contributed by atoms with Crippen LogP contribution in [0.1, 0.15) is 11.1 Å². The molecule has 6 rings (SSSR count). The van der Waals surface area contributed by atoms with E-state index in [0.717, 1.165) is 56.4 Å². The molecule has 5 nitrogen and oxygen atoms in total. The van der Waals surface area contributed by atoms with Crippen LogP contribution in [-0.4, -0.2) is 55.7 Å². The lowest BCUT2D eigenvalue weighted by Gasteiger charge is -2.26. The van der Waals surface area contributed by atoms with Gasteiger partial charge in [0, 0.05) is 60.5 Å². The number of morpholine rings is 1. The number of fused-ring (bicyclic) bond motifs is 3. The van der Waals surface area contributed by atoms with Gasteiger partial charge >= 0.3 is 0 Å². The third kappa shape index (κ3) is 3.67. The van der Waals surface area contributed by atoms with Crippen molar-refractivity contribution < 1.29 is 4.74 Å². The number of pyridine rings is 1. The molecule has 0 aliphatic carbocycles. The molecule has 2 aromatic carbocycles. The minimum absolute atomic E-state index is 0.270. The molecule has 2 atom stereocenters. The van der Waals surface area contributed by atoms with E-state index in [2.05, 4.69) is 70.6 Å². The van der Waals surface area contributed by atoms with Crippen LogP contribution in [0.3, 0.4) is 0 Å². The lowest BCUT2D eigenvalue weighted by Crippen LogP contribution is -2.47. The van der Waals surface area contributed by atoms with Crippen LogP contribution < -0.4 is 15.1 Å². The molecule has 0 unspecified atom stereocenters. The molecule has 1 aromatic heterocycles. The molecule has 6 heteroatoms. The first-order valence-electron chi connectivity index (χ1n) is 11.2. The standard InChI is InChI=1S/C25H28N4OS/c1-17-6-7-20-19(12-17)22(29-15-21-23(16-29)30-10-8-26-21)13-25(27-20)28-9-11-31-24-5-3-2-4-18(24)14-28/h2-7,12-13,21,23,26H,8-11,14-16H2,1H3/t21-,23+/m0/s1. The summed E-state index contributed by atoms with van der Waals surface area (Å²) in [6.45, 7) is 7.73.